The van der Waals surface area contributed by atoms with Crippen LogP contribution in [-0.4, -0.2) is 61.1 Å². The van der Waals surface area contributed by atoms with E-state index in [-0.39, 0.29) is 12.1 Å². The molecule has 0 spiro atoms. The summed E-state index contributed by atoms with van der Waals surface area (Å²) in [5.74, 6) is 0. The van der Waals surface area contributed by atoms with E-state index in [1.165, 1.54) is 0 Å². The number of urea groups is 2. The molecule has 4 amide bonds. The van der Waals surface area contributed by atoms with E-state index >= 15 is 0 Å². The summed E-state index contributed by atoms with van der Waals surface area (Å²) in [7, 11) is 0. The van der Waals surface area contributed by atoms with E-state index in [0.717, 1.165) is 58.5 Å². The Morgan fingerprint density at radius 1 is 0.765 bits per heavy atom. The third-order valence-corrected chi connectivity index (χ3v) is 2.87. The Labute approximate surface area is 101 Å². The SMILES string of the molecule is O=C(NCCCCCNC(=O)N1CC1)N1CC1. The molecule has 0 aromatic rings. The Hall–Kier alpha value is -1.46. The standard InChI is InChI=1S/C11H20N4O2/c16-10(14-6-7-14)12-4-2-1-3-5-13-11(17)15-8-9-15/h1-9H2,(H,12,16)(H,13,17). The minimum absolute atomic E-state index is 0.0554. The Morgan fingerprint density at radius 3 is 1.53 bits per heavy atom. The highest BCUT2D eigenvalue weighted by Gasteiger charge is 2.23. The van der Waals surface area contributed by atoms with Gasteiger partial charge in [0.1, 0.15) is 0 Å². The molecular weight excluding hydrogens is 220 g/mol. The van der Waals surface area contributed by atoms with Crippen molar-refractivity contribution in [3.63, 3.8) is 0 Å². The molecule has 0 saturated carbocycles. The van der Waals surface area contributed by atoms with Crippen LogP contribution in [0.25, 0.3) is 0 Å². The number of amides is 4. The van der Waals surface area contributed by atoms with Crippen LogP contribution in [0.3, 0.4) is 0 Å². The fraction of sp³-hybridized carbons (Fsp3) is 0.818. The minimum Gasteiger partial charge on any atom is -0.338 e. The maximum Gasteiger partial charge on any atom is 0.317 e. The van der Waals surface area contributed by atoms with Gasteiger partial charge in [0.2, 0.25) is 0 Å². The lowest BCUT2D eigenvalue weighted by atomic mass is 10.2. The fourth-order valence-corrected chi connectivity index (χ4v) is 1.55. The van der Waals surface area contributed by atoms with Gasteiger partial charge in [0.05, 0.1) is 0 Å². The molecule has 2 rings (SSSR count). The lowest BCUT2D eigenvalue weighted by Crippen LogP contribution is -2.30. The second-order valence-corrected chi connectivity index (χ2v) is 4.50. The Balaban J connectivity index is 1.36. The summed E-state index contributed by atoms with van der Waals surface area (Å²) in [6.45, 7) is 5.05. The van der Waals surface area contributed by atoms with Crippen LogP contribution >= 0.6 is 0 Å². The first kappa shape index (κ1) is 12.0. The maximum absolute atomic E-state index is 11.2. The summed E-state index contributed by atoms with van der Waals surface area (Å²) in [6, 6.07) is 0.111. The molecule has 96 valence electrons. The first-order chi connectivity index (χ1) is 8.27. The summed E-state index contributed by atoms with van der Waals surface area (Å²) in [4.78, 5) is 26.0. The van der Waals surface area contributed by atoms with Crippen LogP contribution < -0.4 is 10.6 Å². The maximum atomic E-state index is 11.2. The summed E-state index contributed by atoms with van der Waals surface area (Å²) in [6.07, 6.45) is 2.97. The minimum atomic E-state index is 0.0554. The zero-order valence-corrected chi connectivity index (χ0v) is 10.1. The smallest absolute Gasteiger partial charge is 0.317 e. The quantitative estimate of drug-likeness (QED) is 0.515. The molecule has 2 fully saturated rings. The lowest BCUT2D eigenvalue weighted by molar-refractivity contribution is 0.229. The summed E-state index contributed by atoms with van der Waals surface area (Å²) in [5.41, 5.74) is 0. The number of hydrogen-bond acceptors (Lipinski definition) is 2. The van der Waals surface area contributed by atoms with Crippen molar-refractivity contribution in [2.75, 3.05) is 39.3 Å². The number of unbranched alkanes of at least 4 members (excludes halogenated alkanes) is 2. The van der Waals surface area contributed by atoms with Gasteiger partial charge in [-0.15, -0.1) is 0 Å². The van der Waals surface area contributed by atoms with E-state index in [1.807, 2.05) is 0 Å². The van der Waals surface area contributed by atoms with Crippen LogP contribution in [0, 0.1) is 0 Å². The molecule has 2 N–H and O–H groups in total. The molecule has 2 aliphatic rings. The van der Waals surface area contributed by atoms with Crippen molar-refractivity contribution < 1.29 is 9.59 Å². The molecule has 2 heterocycles. The Kier molecular flexibility index (Phi) is 4.06. The van der Waals surface area contributed by atoms with Crippen molar-refractivity contribution in [3.05, 3.63) is 0 Å². The first-order valence-corrected chi connectivity index (χ1v) is 6.33. The van der Waals surface area contributed by atoms with E-state index in [4.69, 9.17) is 0 Å². The number of carbonyl (C=O) groups is 2. The number of rotatable bonds is 6. The summed E-state index contributed by atoms with van der Waals surface area (Å²) < 4.78 is 0. The van der Waals surface area contributed by atoms with Crippen LogP contribution in [0.4, 0.5) is 9.59 Å². The zero-order chi connectivity index (χ0) is 12.1. The lowest BCUT2D eigenvalue weighted by Gasteiger charge is -2.06. The molecular formula is C11H20N4O2. The molecule has 0 aliphatic carbocycles. The van der Waals surface area contributed by atoms with Gasteiger partial charge < -0.3 is 20.4 Å². The van der Waals surface area contributed by atoms with Gasteiger partial charge in [-0.05, 0) is 19.3 Å². The number of carbonyl (C=O) groups excluding carboxylic acids is 2. The van der Waals surface area contributed by atoms with Crippen LogP contribution in [-0.2, 0) is 0 Å². The van der Waals surface area contributed by atoms with Gasteiger partial charge in [-0.3, -0.25) is 0 Å². The van der Waals surface area contributed by atoms with E-state index in [0.29, 0.717) is 0 Å². The number of nitrogens with zero attached hydrogens (tertiary/aromatic N) is 2. The van der Waals surface area contributed by atoms with Crippen molar-refractivity contribution in [1.82, 2.24) is 20.4 Å². The van der Waals surface area contributed by atoms with Crippen molar-refractivity contribution in [2.24, 2.45) is 0 Å². The zero-order valence-electron chi connectivity index (χ0n) is 10.1. The molecule has 0 unspecified atom stereocenters. The topological polar surface area (TPSA) is 64.2 Å². The van der Waals surface area contributed by atoms with Gasteiger partial charge in [-0.25, -0.2) is 9.59 Å². The molecule has 0 aromatic heterocycles. The predicted octanol–water partition coefficient (Wildman–Crippen LogP) is 0.207. The highest BCUT2D eigenvalue weighted by atomic mass is 16.2. The Bertz CT molecular complexity index is 259. The van der Waals surface area contributed by atoms with E-state index in [1.54, 1.807) is 9.80 Å². The van der Waals surface area contributed by atoms with Gasteiger partial charge in [0.25, 0.3) is 0 Å². The molecule has 17 heavy (non-hydrogen) atoms. The number of hydrogen-bond donors (Lipinski definition) is 2. The molecule has 0 bridgehead atoms. The molecule has 0 radical (unpaired) electrons. The van der Waals surface area contributed by atoms with Crippen LogP contribution in [0.1, 0.15) is 19.3 Å². The second kappa shape index (κ2) is 5.75. The van der Waals surface area contributed by atoms with Gasteiger partial charge in [-0.1, -0.05) is 0 Å². The predicted molar refractivity (Wildman–Crippen MR) is 63.8 cm³/mol. The molecule has 2 saturated heterocycles. The van der Waals surface area contributed by atoms with E-state index in [9.17, 15) is 9.59 Å². The van der Waals surface area contributed by atoms with Gasteiger partial charge in [0, 0.05) is 39.3 Å². The fourth-order valence-electron chi connectivity index (χ4n) is 1.55. The average Bonchev–Trinajstić information content (AvgIpc) is 3.20. The third-order valence-electron chi connectivity index (χ3n) is 2.87. The first-order valence-electron chi connectivity index (χ1n) is 6.33. The Morgan fingerprint density at radius 2 is 1.18 bits per heavy atom. The van der Waals surface area contributed by atoms with Gasteiger partial charge >= 0.3 is 12.1 Å². The largest absolute Gasteiger partial charge is 0.338 e. The molecule has 6 heteroatoms. The third kappa shape index (κ3) is 4.50. The van der Waals surface area contributed by atoms with Crippen LogP contribution in [0.2, 0.25) is 0 Å². The highest BCUT2D eigenvalue weighted by molar-refractivity contribution is 5.76. The van der Waals surface area contributed by atoms with E-state index in [2.05, 4.69) is 10.6 Å². The second-order valence-electron chi connectivity index (χ2n) is 4.50. The molecule has 6 nitrogen and oxygen atoms in total. The van der Waals surface area contributed by atoms with Gasteiger partial charge in [-0.2, -0.15) is 0 Å². The molecule has 0 aromatic carbocycles. The highest BCUT2D eigenvalue weighted by Crippen LogP contribution is 2.04. The summed E-state index contributed by atoms with van der Waals surface area (Å²) >= 11 is 0. The average molecular weight is 240 g/mol. The van der Waals surface area contributed by atoms with Crippen molar-refractivity contribution >= 4 is 12.1 Å². The van der Waals surface area contributed by atoms with Crippen molar-refractivity contribution in [3.8, 4) is 0 Å². The molecule has 0 atom stereocenters. The molecule has 2 aliphatic heterocycles. The van der Waals surface area contributed by atoms with Crippen LogP contribution in [0.5, 0.6) is 0 Å². The number of nitrogens with one attached hydrogen (secondary N) is 2. The van der Waals surface area contributed by atoms with Crippen molar-refractivity contribution in [2.45, 2.75) is 19.3 Å². The normalized spacial score (nSPS) is 16.7. The summed E-state index contributed by atoms with van der Waals surface area (Å²) in [5, 5.41) is 5.73. The van der Waals surface area contributed by atoms with Crippen molar-refractivity contribution in [1.29, 1.82) is 0 Å². The van der Waals surface area contributed by atoms with Gasteiger partial charge in [0.15, 0.2) is 0 Å². The van der Waals surface area contributed by atoms with Crippen LogP contribution in [0.15, 0.2) is 0 Å². The van der Waals surface area contributed by atoms with E-state index < -0.39 is 0 Å². The monoisotopic (exact) mass is 240 g/mol.